The summed E-state index contributed by atoms with van der Waals surface area (Å²) in [5.74, 6) is -0.188. The van der Waals surface area contributed by atoms with Crippen molar-refractivity contribution in [1.82, 2.24) is 19.8 Å². The van der Waals surface area contributed by atoms with E-state index in [0.29, 0.717) is 5.41 Å². The van der Waals surface area contributed by atoms with Crippen LogP contribution in [0.1, 0.15) is 67.5 Å². The minimum Gasteiger partial charge on any atom is -0.326 e. The van der Waals surface area contributed by atoms with Gasteiger partial charge in [-0.1, -0.05) is 32.9 Å². The van der Waals surface area contributed by atoms with Crippen LogP contribution in [0.5, 0.6) is 0 Å². The zero-order chi connectivity index (χ0) is 23.4. The Morgan fingerprint density at radius 1 is 1.24 bits per heavy atom. The summed E-state index contributed by atoms with van der Waals surface area (Å²) in [6.07, 6.45) is 6.86. The van der Waals surface area contributed by atoms with Crippen LogP contribution in [0.4, 0.5) is 5.69 Å². The van der Waals surface area contributed by atoms with E-state index in [1.54, 1.807) is 0 Å². The average Bonchev–Trinajstić information content (AvgIpc) is 3.30. The van der Waals surface area contributed by atoms with Crippen LogP contribution in [0.15, 0.2) is 30.5 Å². The molecule has 1 aromatic heterocycles. The third-order valence-corrected chi connectivity index (χ3v) is 6.88. The number of aromatic amines is 1. The van der Waals surface area contributed by atoms with Gasteiger partial charge in [-0.15, -0.1) is 0 Å². The molecule has 0 unspecified atom stereocenters. The topological polar surface area (TPSA) is 88.0 Å². The highest BCUT2D eigenvalue weighted by molar-refractivity contribution is 6.03. The lowest BCUT2D eigenvalue weighted by Crippen LogP contribution is -2.45. The second-order valence-electron chi connectivity index (χ2n) is 9.90. The predicted octanol–water partition coefficient (Wildman–Crippen LogP) is 4.26. The molecule has 2 aliphatic rings. The maximum Gasteiger partial charge on any atom is 0.291 e. The van der Waals surface area contributed by atoms with Crippen molar-refractivity contribution in [3.05, 3.63) is 53.1 Å². The fourth-order valence-corrected chi connectivity index (χ4v) is 4.58. The van der Waals surface area contributed by atoms with Crippen LogP contribution in [0, 0.1) is 16.7 Å². The molecule has 1 amide bonds. The molecule has 2 N–H and O–H groups in total. The monoisotopic (exact) mass is 446 g/mol. The Morgan fingerprint density at radius 3 is 2.64 bits per heavy atom. The summed E-state index contributed by atoms with van der Waals surface area (Å²) >= 11 is 0. The van der Waals surface area contributed by atoms with Gasteiger partial charge in [0.25, 0.3) is 5.91 Å². The van der Waals surface area contributed by atoms with Crippen molar-refractivity contribution < 1.29 is 4.79 Å². The van der Waals surface area contributed by atoms with E-state index in [9.17, 15) is 4.79 Å². The molecule has 0 bridgehead atoms. The highest BCUT2D eigenvalue weighted by Gasteiger charge is 2.24. The number of imidazole rings is 1. The van der Waals surface area contributed by atoms with E-state index < -0.39 is 0 Å². The van der Waals surface area contributed by atoms with Crippen LogP contribution in [0.25, 0.3) is 5.57 Å². The highest BCUT2D eigenvalue weighted by atomic mass is 16.2. The Labute approximate surface area is 196 Å². The number of H-pyrrole nitrogens is 1. The molecule has 0 saturated carbocycles. The number of benzene rings is 1. The molecule has 1 aliphatic heterocycles. The van der Waals surface area contributed by atoms with Gasteiger partial charge in [0.2, 0.25) is 0 Å². The van der Waals surface area contributed by atoms with E-state index in [1.165, 1.54) is 17.3 Å². The normalized spacial score (nSPS) is 19.0. The van der Waals surface area contributed by atoms with Gasteiger partial charge >= 0.3 is 0 Å². The highest BCUT2D eigenvalue weighted by Crippen LogP contribution is 2.40. The molecule has 0 atom stereocenters. The van der Waals surface area contributed by atoms with Gasteiger partial charge in [-0.3, -0.25) is 9.69 Å². The number of allylic oxidation sites excluding steroid dienone is 2. The Morgan fingerprint density at radius 2 is 2.00 bits per heavy atom. The third kappa shape index (κ3) is 5.70. The number of nitrogens with zero attached hydrogens (tertiary/aromatic N) is 4. The molecule has 1 aliphatic carbocycles. The number of hydrogen-bond acceptors (Lipinski definition) is 5. The first-order valence-electron chi connectivity index (χ1n) is 11.9. The standard InChI is InChI=1S/C26H34N6O/c1-4-31-11-13-32(14-12-31)18-19-5-6-23(30-25(33)24-28-17-21(16-27)29-24)22(15-19)20-7-9-26(2,3)10-8-20/h5-7,15,17H,4,8-14,18H2,1-3H3,(H,28,29)(H,30,33). The SMILES string of the molecule is CCN1CCN(Cc2ccc(NC(=O)c3ncc(C#N)[nH]3)c(C3=CCC(C)(C)CC3)c2)CC1. The summed E-state index contributed by atoms with van der Waals surface area (Å²) in [6.45, 7) is 13.3. The van der Waals surface area contributed by atoms with E-state index in [0.717, 1.165) is 69.8 Å². The van der Waals surface area contributed by atoms with E-state index in [-0.39, 0.29) is 17.4 Å². The van der Waals surface area contributed by atoms with Gasteiger partial charge in [0.15, 0.2) is 5.82 Å². The zero-order valence-corrected chi connectivity index (χ0v) is 19.9. The van der Waals surface area contributed by atoms with Gasteiger partial charge in [-0.25, -0.2) is 4.98 Å². The summed E-state index contributed by atoms with van der Waals surface area (Å²) in [5.41, 5.74) is 5.03. The molecule has 1 fully saturated rings. The molecule has 2 heterocycles. The third-order valence-electron chi connectivity index (χ3n) is 6.88. The predicted molar refractivity (Wildman–Crippen MR) is 131 cm³/mol. The number of rotatable bonds is 6. The lowest BCUT2D eigenvalue weighted by Gasteiger charge is -2.34. The first-order chi connectivity index (χ1) is 15.9. The van der Waals surface area contributed by atoms with Gasteiger partial charge in [0.1, 0.15) is 11.8 Å². The van der Waals surface area contributed by atoms with Crippen molar-refractivity contribution >= 4 is 17.2 Å². The van der Waals surface area contributed by atoms with Crippen LogP contribution in [-0.2, 0) is 6.54 Å². The summed E-state index contributed by atoms with van der Waals surface area (Å²) in [7, 11) is 0. The number of nitrogens with one attached hydrogen (secondary N) is 2. The van der Waals surface area contributed by atoms with Crippen LogP contribution in [0.3, 0.4) is 0 Å². The van der Waals surface area contributed by atoms with Gasteiger partial charge in [-0.05, 0) is 54.5 Å². The smallest absolute Gasteiger partial charge is 0.291 e. The summed E-state index contributed by atoms with van der Waals surface area (Å²) in [5, 5.41) is 12.0. The number of carbonyl (C=O) groups excluding carboxylic acids is 1. The quantitative estimate of drug-likeness (QED) is 0.692. The molecular weight excluding hydrogens is 412 g/mol. The Balaban J connectivity index is 1.57. The number of nitriles is 1. The second kappa shape index (κ2) is 9.90. The summed E-state index contributed by atoms with van der Waals surface area (Å²) in [4.78, 5) is 24.6. The largest absolute Gasteiger partial charge is 0.326 e. The Kier molecular flexibility index (Phi) is 6.96. The molecule has 1 saturated heterocycles. The van der Waals surface area contributed by atoms with Crippen molar-refractivity contribution in [2.45, 2.75) is 46.6 Å². The number of hydrogen-bond donors (Lipinski definition) is 2. The van der Waals surface area contributed by atoms with Crippen LogP contribution in [0.2, 0.25) is 0 Å². The van der Waals surface area contributed by atoms with Crippen molar-refractivity contribution in [2.75, 3.05) is 38.0 Å². The maximum absolute atomic E-state index is 12.8. The number of likely N-dealkylation sites (N-methyl/N-ethyl adjacent to an activating group) is 1. The zero-order valence-electron chi connectivity index (χ0n) is 19.9. The van der Waals surface area contributed by atoms with Gasteiger partial charge < -0.3 is 15.2 Å². The van der Waals surface area contributed by atoms with Gasteiger partial charge in [0, 0.05) is 44.0 Å². The molecule has 0 radical (unpaired) electrons. The van der Waals surface area contributed by atoms with Crippen LogP contribution >= 0.6 is 0 Å². The minimum atomic E-state index is -0.335. The Hall–Kier alpha value is -2.95. The average molecular weight is 447 g/mol. The van der Waals surface area contributed by atoms with Crippen LogP contribution < -0.4 is 5.32 Å². The summed E-state index contributed by atoms with van der Waals surface area (Å²) < 4.78 is 0. The number of carbonyl (C=O) groups is 1. The fourth-order valence-electron chi connectivity index (χ4n) is 4.58. The van der Waals surface area contributed by atoms with E-state index in [4.69, 9.17) is 5.26 Å². The Bertz CT molecular complexity index is 1070. The second-order valence-corrected chi connectivity index (χ2v) is 9.90. The van der Waals surface area contributed by atoms with Crippen molar-refractivity contribution in [3.8, 4) is 6.07 Å². The first kappa shape index (κ1) is 23.2. The molecule has 2 aromatic rings. The van der Waals surface area contributed by atoms with Crippen molar-refractivity contribution in [2.24, 2.45) is 5.41 Å². The number of piperazine rings is 1. The molecule has 7 heteroatoms. The van der Waals surface area contributed by atoms with Crippen LogP contribution in [-0.4, -0.2) is 58.4 Å². The molecule has 0 spiro atoms. The fraction of sp³-hybridized carbons (Fsp3) is 0.500. The molecule has 33 heavy (non-hydrogen) atoms. The molecule has 1 aromatic carbocycles. The number of anilines is 1. The first-order valence-corrected chi connectivity index (χ1v) is 11.9. The lowest BCUT2D eigenvalue weighted by atomic mass is 9.76. The van der Waals surface area contributed by atoms with E-state index in [1.807, 2.05) is 12.1 Å². The lowest BCUT2D eigenvalue weighted by molar-refractivity contribution is 0.101. The molecule has 174 valence electrons. The molecule has 7 nitrogen and oxygen atoms in total. The molecular formula is C26H34N6O. The summed E-state index contributed by atoms with van der Waals surface area (Å²) in [6, 6.07) is 8.35. The number of amides is 1. The number of aromatic nitrogens is 2. The maximum atomic E-state index is 12.8. The van der Waals surface area contributed by atoms with Crippen molar-refractivity contribution in [1.29, 1.82) is 5.26 Å². The van der Waals surface area contributed by atoms with Gasteiger partial charge in [-0.2, -0.15) is 5.26 Å². The minimum absolute atomic E-state index is 0.147. The van der Waals surface area contributed by atoms with Crippen molar-refractivity contribution in [3.63, 3.8) is 0 Å². The van der Waals surface area contributed by atoms with E-state index >= 15 is 0 Å². The molecule has 4 rings (SSSR count). The van der Waals surface area contributed by atoms with E-state index in [2.05, 4.69) is 64.1 Å². The van der Waals surface area contributed by atoms with Gasteiger partial charge in [0.05, 0.1) is 6.20 Å².